The summed E-state index contributed by atoms with van der Waals surface area (Å²) in [6, 6.07) is 7.87. The molecule has 2 atom stereocenters. The molecule has 150 valence electrons. The molecule has 4 rings (SSSR count). The molecular formula is C22H30N4O2. The molecule has 1 aliphatic carbocycles. The molecule has 6 heteroatoms. The van der Waals surface area contributed by atoms with Gasteiger partial charge in [-0.25, -0.2) is 4.98 Å². The maximum Gasteiger partial charge on any atom is 0.245 e. The molecule has 2 aliphatic rings. The topological polar surface area (TPSA) is 82.2 Å². The van der Waals surface area contributed by atoms with Crippen molar-refractivity contribution < 1.29 is 9.53 Å². The Balaban J connectivity index is 1.47. The lowest BCUT2D eigenvalue weighted by Gasteiger charge is -2.57. The second kappa shape index (κ2) is 7.01. The fourth-order valence-electron chi connectivity index (χ4n) is 4.43. The first kappa shape index (κ1) is 19.2. The zero-order valence-electron chi connectivity index (χ0n) is 17.0. The predicted octanol–water partition coefficient (Wildman–Crippen LogP) is 3.36. The van der Waals surface area contributed by atoms with Gasteiger partial charge in [0.1, 0.15) is 11.4 Å². The molecule has 0 spiro atoms. The molecule has 6 nitrogen and oxygen atoms in total. The number of fused-ring (bicyclic) bond motifs is 1. The number of imidazole rings is 1. The largest absolute Gasteiger partial charge is 0.378 e. The van der Waals surface area contributed by atoms with E-state index in [2.05, 4.69) is 14.9 Å². The van der Waals surface area contributed by atoms with E-state index in [4.69, 9.17) is 10.5 Å². The van der Waals surface area contributed by atoms with Crippen LogP contribution in [0.2, 0.25) is 0 Å². The highest BCUT2D eigenvalue weighted by Gasteiger charge is 2.62. The standard InChI is InChI=1S/C22H30N4O2/c1-4-28-18-13-22(23,21(18,2)3)20(27)25-16-10-8-15(9-11-16)19-24-14-17-7-5-6-12-26(17)19/h8-11,14,18H,4-7,12-13,23H2,1-3H3,(H,25,27). The summed E-state index contributed by atoms with van der Waals surface area (Å²) in [6.07, 6.45) is 6.06. The lowest BCUT2D eigenvalue weighted by atomic mass is 9.54. The van der Waals surface area contributed by atoms with E-state index in [0.717, 1.165) is 30.0 Å². The normalized spacial score (nSPS) is 25.6. The summed E-state index contributed by atoms with van der Waals surface area (Å²) in [6.45, 7) is 7.62. The van der Waals surface area contributed by atoms with Gasteiger partial charge in [-0.1, -0.05) is 13.8 Å². The molecule has 1 aliphatic heterocycles. The maximum absolute atomic E-state index is 12.9. The molecule has 1 amide bonds. The van der Waals surface area contributed by atoms with Crippen molar-refractivity contribution in [3.05, 3.63) is 36.2 Å². The average Bonchev–Trinajstić information content (AvgIpc) is 3.12. The predicted molar refractivity (Wildman–Crippen MR) is 110 cm³/mol. The van der Waals surface area contributed by atoms with Crippen LogP contribution in [0.4, 0.5) is 5.69 Å². The number of aryl methyl sites for hydroxylation is 1. The number of hydrogen-bond donors (Lipinski definition) is 2. The second-order valence-electron chi connectivity index (χ2n) is 8.55. The van der Waals surface area contributed by atoms with Gasteiger partial charge < -0.3 is 20.4 Å². The van der Waals surface area contributed by atoms with Crippen LogP contribution in [0.15, 0.2) is 30.5 Å². The lowest BCUT2D eigenvalue weighted by Crippen LogP contribution is -2.74. The van der Waals surface area contributed by atoms with Gasteiger partial charge in [0.2, 0.25) is 5.91 Å². The van der Waals surface area contributed by atoms with Gasteiger partial charge in [-0.3, -0.25) is 4.79 Å². The van der Waals surface area contributed by atoms with Gasteiger partial charge in [0.25, 0.3) is 0 Å². The van der Waals surface area contributed by atoms with Crippen molar-refractivity contribution in [2.24, 2.45) is 11.1 Å². The van der Waals surface area contributed by atoms with Crippen molar-refractivity contribution in [1.82, 2.24) is 9.55 Å². The van der Waals surface area contributed by atoms with Gasteiger partial charge in [-0.2, -0.15) is 0 Å². The number of nitrogens with zero attached hydrogens (tertiary/aromatic N) is 2. The van der Waals surface area contributed by atoms with E-state index in [0.29, 0.717) is 13.0 Å². The number of aromatic nitrogens is 2. The van der Waals surface area contributed by atoms with Crippen molar-refractivity contribution in [1.29, 1.82) is 0 Å². The molecule has 1 aromatic heterocycles. The van der Waals surface area contributed by atoms with Gasteiger partial charge in [-0.05, 0) is 50.5 Å². The molecule has 0 bridgehead atoms. The number of carbonyl (C=O) groups is 1. The number of carbonyl (C=O) groups excluding carboxylic acids is 1. The molecular weight excluding hydrogens is 352 g/mol. The molecule has 2 aromatic rings. The van der Waals surface area contributed by atoms with E-state index in [-0.39, 0.29) is 12.0 Å². The molecule has 1 saturated carbocycles. The Morgan fingerprint density at radius 3 is 2.75 bits per heavy atom. The number of anilines is 1. The minimum atomic E-state index is -0.923. The Bertz CT molecular complexity index is 871. The third-order valence-corrected chi connectivity index (χ3v) is 6.64. The highest BCUT2D eigenvalue weighted by molar-refractivity contribution is 5.99. The summed E-state index contributed by atoms with van der Waals surface area (Å²) >= 11 is 0. The fourth-order valence-corrected chi connectivity index (χ4v) is 4.43. The van der Waals surface area contributed by atoms with E-state index in [1.54, 1.807) is 0 Å². The molecule has 2 unspecified atom stereocenters. The van der Waals surface area contributed by atoms with Crippen molar-refractivity contribution in [2.45, 2.75) is 64.6 Å². The monoisotopic (exact) mass is 382 g/mol. The van der Waals surface area contributed by atoms with Gasteiger partial charge in [0, 0.05) is 48.1 Å². The number of nitrogens with one attached hydrogen (secondary N) is 1. The number of amides is 1. The molecule has 1 aromatic carbocycles. The van der Waals surface area contributed by atoms with Gasteiger partial charge in [0.05, 0.1) is 6.10 Å². The van der Waals surface area contributed by atoms with Crippen LogP contribution in [0.5, 0.6) is 0 Å². The molecule has 1 fully saturated rings. The van der Waals surface area contributed by atoms with E-state index >= 15 is 0 Å². The summed E-state index contributed by atoms with van der Waals surface area (Å²) in [5.41, 5.74) is 8.27. The number of hydrogen-bond acceptors (Lipinski definition) is 4. The summed E-state index contributed by atoms with van der Waals surface area (Å²) in [4.78, 5) is 17.5. The van der Waals surface area contributed by atoms with Crippen molar-refractivity contribution in [3.63, 3.8) is 0 Å². The zero-order chi connectivity index (χ0) is 19.9. The minimum absolute atomic E-state index is 0.0160. The second-order valence-corrected chi connectivity index (χ2v) is 8.55. The zero-order valence-corrected chi connectivity index (χ0v) is 17.0. The Morgan fingerprint density at radius 2 is 2.07 bits per heavy atom. The molecule has 0 saturated heterocycles. The molecule has 28 heavy (non-hydrogen) atoms. The van der Waals surface area contributed by atoms with Crippen molar-refractivity contribution in [3.8, 4) is 11.4 Å². The van der Waals surface area contributed by atoms with Crippen LogP contribution in [0.3, 0.4) is 0 Å². The van der Waals surface area contributed by atoms with Crippen molar-refractivity contribution >= 4 is 11.6 Å². The molecule has 3 N–H and O–H groups in total. The quantitative estimate of drug-likeness (QED) is 0.831. The van der Waals surface area contributed by atoms with Crippen LogP contribution in [-0.4, -0.2) is 33.7 Å². The van der Waals surface area contributed by atoms with Crippen molar-refractivity contribution in [2.75, 3.05) is 11.9 Å². The third kappa shape index (κ3) is 2.95. The lowest BCUT2D eigenvalue weighted by molar-refractivity contribution is -0.166. The summed E-state index contributed by atoms with van der Waals surface area (Å²) in [5, 5.41) is 2.99. The van der Waals surface area contributed by atoms with Gasteiger partial charge in [-0.15, -0.1) is 0 Å². The first-order chi connectivity index (χ1) is 13.4. The average molecular weight is 383 g/mol. The minimum Gasteiger partial charge on any atom is -0.378 e. The summed E-state index contributed by atoms with van der Waals surface area (Å²) in [7, 11) is 0. The summed E-state index contributed by atoms with van der Waals surface area (Å²) < 4.78 is 8.02. The Kier molecular flexibility index (Phi) is 4.79. The number of ether oxygens (including phenoxy) is 1. The molecule has 2 heterocycles. The highest BCUT2D eigenvalue weighted by Crippen LogP contribution is 2.50. The van der Waals surface area contributed by atoms with Crippen LogP contribution in [0.1, 0.15) is 45.7 Å². The smallest absolute Gasteiger partial charge is 0.245 e. The maximum atomic E-state index is 12.9. The van der Waals surface area contributed by atoms with E-state index < -0.39 is 11.0 Å². The summed E-state index contributed by atoms with van der Waals surface area (Å²) in [5.74, 6) is 0.849. The Morgan fingerprint density at radius 1 is 1.32 bits per heavy atom. The SMILES string of the molecule is CCOC1CC(N)(C(=O)Nc2ccc(-c3ncc4n3CCCC4)cc2)C1(C)C. The number of rotatable bonds is 5. The number of benzene rings is 1. The van der Waals surface area contributed by atoms with Crippen LogP contribution >= 0.6 is 0 Å². The van der Waals surface area contributed by atoms with Gasteiger partial charge in [0.15, 0.2) is 0 Å². The van der Waals surface area contributed by atoms with E-state index in [1.165, 1.54) is 18.5 Å². The highest BCUT2D eigenvalue weighted by atomic mass is 16.5. The van der Waals surface area contributed by atoms with Crippen LogP contribution in [0, 0.1) is 5.41 Å². The van der Waals surface area contributed by atoms with Crippen LogP contribution in [0.25, 0.3) is 11.4 Å². The third-order valence-electron chi connectivity index (χ3n) is 6.64. The number of nitrogens with two attached hydrogens (primary N) is 1. The Labute approximate surface area is 166 Å². The molecule has 0 radical (unpaired) electrons. The first-order valence-electron chi connectivity index (χ1n) is 10.2. The van der Waals surface area contributed by atoms with Crippen LogP contribution < -0.4 is 11.1 Å². The fraction of sp³-hybridized carbons (Fsp3) is 0.545. The van der Waals surface area contributed by atoms with Gasteiger partial charge >= 0.3 is 0 Å². The van der Waals surface area contributed by atoms with E-state index in [1.807, 2.05) is 51.2 Å². The Hall–Kier alpha value is -2.18. The first-order valence-corrected chi connectivity index (χ1v) is 10.2. The van der Waals surface area contributed by atoms with E-state index in [9.17, 15) is 4.79 Å². The van der Waals surface area contributed by atoms with Crippen LogP contribution in [-0.2, 0) is 22.5 Å².